The molecule has 0 radical (unpaired) electrons. The summed E-state index contributed by atoms with van der Waals surface area (Å²) in [7, 11) is 0. The van der Waals surface area contributed by atoms with Crippen LogP contribution in [0.25, 0.3) is 21.5 Å². The number of carbonyl (C=O) groups excluding carboxylic acids is 1. The topological polar surface area (TPSA) is 45.2 Å². The Kier molecular flexibility index (Phi) is 5.74. The number of likely N-dealkylation sites (tertiary alicyclic amines) is 1. The minimum absolute atomic E-state index is 0.0198. The van der Waals surface area contributed by atoms with Crippen LogP contribution in [0.3, 0.4) is 0 Å². The van der Waals surface area contributed by atoms with Gasteiger partial charge >= 0.3 is 0 Å². The Hall–Kier alpha value is -2.24. The van der Waals surface area contributed by atoms with Crippen LogP contribution in [0, 0.1) is 5.92 Å². The number of aromatic nitrogens is 1. The van der Waals surface area contributed by atoms with E-state index < -0.39 is 0 Å². The molecule has 4 rings (SSSR count). The van der Waals surface area contributed by atoms with E-state index in [9.17, 15) is 4.79 Å². The van der Waals surface area contributed by atoms with Gasteiger partial charge in [0, 0.05) is 18.0 Å². The summed E-state index contributed by atoms with van der Waals surface area (Å²) in [5.74, 6) is 0.797. The lowest BCUT2D eigenvalue weighted by molar-refractivity contribution is 0.0923. The lowest BCUT2D eigenvalue weighted by Crippen LogP contribution is -2.45. The van der Waals surface area contributed by atoms with Gasteiger partial charge in [0.15, 0.2) is 0 Å². The normalized spacial score (nSPS) is 16.9. The van der Waals surface area contributed by atoms with Gasteiger partial charge < -0.3 is 5.32 Å². The maximum Gasteiger partial charge on any atom is 0.252 e. The minimum Gasteiger partial charge on any atom is -0.350 e. The van der Waals surface area contributed by atoms with E-state index in [1.807, 2.05) is 47.8 Å². The number of nitrogens with zero attached hydrogens (tertiary/aromatic N) is 2. The molecule has 1 unspecified atom stereocenters. The third-order valence-electron chi connectivity index (χ3n) is 5.73. The molecule has 1 amide bonds. The zero-order valence-electron chi connectivity index (χ0n) is 16.5. The molecule has 28 heavy (non-hydrogen) atoms. The number of para-hydroxylation sites is 1. The molecule has 1 saturated heterocycles. The van der Waals surface area contributed by atoms with Gasteiger partial charge in [0.2, 0.25) is 0 Å². The zero-order valence-corrected chi connectivity index (χ0v) is 17.3. The highest BCUT2D eigenvalue weighted by molar-refractivity contribution is 7.13. The van der Waals surface area contributed by atoms with Crippen molar-refractivity contribution < 1.29 is 4.79 Å². The lowest BCUT2D eigenvalue weighted by atomic mass is 9.98. The second-order valence-electron chi connectivity index (χ2n) is 7.83. The second-order valence-corrected chi connectivity index (χ2v) is 8.77. The molecule has 3 aromatic rings. The van der Waals surface area contributed by atoms with Crippen molar-refractivity contribution in [1.82, 2.24) is 15.2 Å². The van der Waals surface area contributed by atoms with Crippen molar-refractivity contribution in [3.63, 3.8) is 0 Å². The number of rotatable bonds is 5. The molecular formula is C23H27N3OS. The van der Waals surface area contributed by atoms with Crippen LogP contribution in [0.1, 0.15) is 37.0 Å². The van der Waals surface area contributed by atoms with E-state index in [1.54, 1.807) is 11.3 Å². The van der Waals surface area contributed by atoms with E-state index in [0.717, 1.165) is 40.5 Å². The summed E-state index contributed by atoms with van der Waals surface area (Å²) < 4.78 is 0. The molecule has 5 heteroatoms. The number of fused-ring (bicyclic) bond motifs is 1. The van der Waals surface area contributed by atoms with E-state index in [1.165, 1.54) is 12.8 Å². The van der Waals surface area contributed by atoms with Gasteiger partial charge in [0.25, 0.3) is 5.91 Å². The average molecular weight is 394 g/mol. The number of pyridine rings is 1. The number of piperidine rings is 1. The highest BCUT2D eigenvalue weighted by Crippen LogP contribution is 2.28. The molecular weight excluding hydrogens is 366 g/mol. The van der Waals surface area contributed by atoms with Crippen molar-refractivity contribution in [2.24, 2.45) is 5.92 Å². The third kappa shape index (κ3) is 4.10. The smallest absolute Gasteiger partial charge is 0.252 e. The van der Waals surface area contributed by atoms with Crippen molar-refractivity contribution in [2.45, 2.75) is 32.7 Å². The van der Waals surface area contributed by atoms with E-state index in [2.05, 4.69) is 24.1 Å². The Bertz CT molecular complexity index is 946. The molecule has 146 valence electrons. The summed E-state index contributed by atoms with van der Waals surface area (Å²) in [6, 6.07) is 14.2. The summed E-state index contributed by atoms with van der Waals surface area (Å²) in [6.07, 6.45) is 2.49. The predicted molar refractivity (Wildman–Crippen MR) is 117 cm³/mol. The maximum absolute atomic E-state index is 13.1. The molecule has 0 spiro atoms. The van der Waals surface area contributed by atoms with Crippen molar-refractivity contribution in [3.05, 3.63) is 53.4 Å². The van der Waals surface area contributed by atoms with Crippen LogP contribution in [-0.4, -0.2) is 41.5 Å². The standard InChI is InChI=1S/C23H27N3OS/c1-16-9-11-26(12-10-16)17(2)15-24-23(27)19-14-21(22-8-5-13-28-22)25-20-7-4-3-6-18(19)20/h3-8,13-14,16-17H,9-12,15H2,1-2H3,(H,24,27). The molecule has 3 heterocycles. The molecule has 0 saturated carbocycles. The predicted octanol–water partition coefficient (Wildman–Crippen LogP) is 4.81. The molecule has 2 aromatic heterocycles. The summed E-state index contributed by atoms with van der Waals surface area (Å²) in [5, 5.41) is 6.10. The van der Waals surface area contributed by atoms with Crippen LogP contribution in [-0.2, 0) is 0 Å². The Morgan fingerprint density at radius 2 is 2.04 bits per heavy atom. The largest absolute Gasteiger partial charge is 0.350 e. The number of nitrogens with one attached hydrogen (secondary N) is 1. The van der Waals surface area contributed by atoms with Gasteiger partial charge in [-0.2, -0.15) is 0 Å². The first-order valence-electron chi connectivity index (χ1n) is 10.1. The second kappa shape index (κ2) is 8.41. The number of benzene rings is 1. The SMILES string of the molecule is CC1CCN(C(C)CNC(=O)c2cc(-c3cccs3)nc3ccccc23)CC1. The number of amides is 1. The van der Waals surface area contributed by atoms with Crippen molar-refractivity contribution >= 4 is 28.1 Å². The van der Waals surface area contributed by atoms with Gasteiger partial charge in [-0.15, -0.1) is 11.3 Å². The van der Waals surface area contributed by atoms with Gasteiger partial charge in [-0.05, 0) is 62.4 Å². The van der Waals surface area contributed by atoms with Gasteiger partial charge in [-0.3, -0.25) is 9.69 Å². The fraction of sp³-hybridized carbons (Fsp3) is 0.391. The quantitative estimate of drug-likeness (QED) is 0.676. The van der Waals surface area contributed by atoms with E-state index in [0.29, 0.717) is 18.2 Å². The van der Waals surface area contributed by atoms with Crippen molar-refractivity contribution in [1.29, 1.82) is 0 Å². The van der Waals surface area contributed by atoms with Gasteiger partial charge in [-0.1, -0.05) is 31.2 Å². The third-order valence-corrected chi connectivity index (χ3v) is 6.63. The first-order chi connectivity index (χ1) is 13.6. The van der Waals surface area contributed by atoms with Crippen LogP contribution in [0.5, 0.6) is 0 Å². The van der Waals surface area contributed by atoms with E-state index >= 15 is 0 Å². The van der Waals surface area contributed by atoms with Gasteiger partial charge in [-0.25, -0.2) is 4.98 Å². The Labute approximate surface area is 170 Å². The van der Waals surface area contributed by atoms with Crippen molar-refractivity contribution in [3.8, 4) is 10.6 Å². The van der Waals surface area contributed by atoms with Crippen molar-refractivity contribution in [2.75, 3.05) is 19.6 Å². The fourth-order valence-corrected chi connectivity index (χ4v) is 4.53. The zero-order chi connectivity index (χ0) is 19.5. The summed E-state index contributed by atoms with van der Waals surface area (Å²) in [6.45, 7) is 7.44. The molecule has 0 bridgehead atoms. The minimum atomic E-state index is -0.0198. The average Bonchev–Trinajstić information content (AvgIpc) is 3.26. The highest BCUT2D eigenvalue weighted by atomic mass is 32.1. The molecule has 1 aliphatic rings. The molecule has 1 aliphatic heterocycles. The van der Waals surface area contributed by atoms with Gasteiger partial charge in [0.1, 0.15) is 0 Å². The number of hydrogen-bond donors (Lipinski definition) is 1. The summed E-state index contributed by atoms with van der Waals surface area (Å²) >= 11 is 1.64. The van der Waals surface area contributed by atoms with Crippen LogP contribution >= 0.6 is 11.3 Å². The molecule has 1 N–H and O–H groups in total. The molecule has 1 aromatic carbocycles. The number of carbonyl (C=O) groups is 1. The fourth-order valence-electron chi connectivity index (χ4n) is 3.85. The highest BCUT2D eigenvalue weighted by Gasteiger charge is 2.21. The lowest BCUT2D eigenvalue weighted by Gasteiger charge is -2.35. The van der Waals surface area contributed by atoms with Crippen LogP contribution in [0.15, 0.2) is 47.8 Å². The van der Waals surface area contributed by atoms with E-state index in [-0.39, 0.29) is 5.91 Å². The molecule has 0 aliphatic carbocycles. The number of thiophene rings is 1. The van der Waals surface area contributed by atoms with Gasteiger partial charge in [0.05, 0.1) is 21.7 Å². The maximum atomic E-state index is 13.1. The molecule has 1 fully saturated rings. The Morgan fingerprint density at radius 1 is 1.25 bits per heavy atom. The summed E-state index contributed by atoms with van der Waals surface area (Å²) in [4.78, 5) is 21.4. The van der Waals surface area contributed by atoms with Crippen LogP contribution < -0.4 is 5.32 Å². The molecule has 4 nitrogen and oxygen atoms in total. The first kappa shape index (κ1) is 19.1. The monoisotopic (exact) mass is 393 g/mol. The summed E-state index contributed by atoms with van der Waals surface area (Å²) in [5.41, 5.74) is 2.42. The molecule has 1 atom stereocenters. The van der Waals surface area contributed by atoms with E-state index in [4.69, 9.17) is 4.98 Å². The first-order valence-corrected chi connectivity index (χ1v) is 11.0. The Morgan fingerprint density at radius 3 is 2.79 bits per heavy atom. The van der Waals surface area contributed by atoms with Crippen LogP contribution in [0.2, 0.25) is 0 Å². The number of hydrogen-bond acceptors (Lipinski definition) is 4. The van der Waals surface area contributed by atoms with Crippen LogP contribution in [0.4, 0.5) is 0 Å². The Balaban J connectivity index is 1.53.